The maximum atomic E-state index is 17.4. The van der Waals surface area contributed by atoms with Crippen LogP contribution in [0.25, 0.3) is 0 Å². The third-order valence-electron chi connectivity index (χ3n) is 11.9. The molecule has 6 unspecified atom stereocenters. The van der Waals surface area contributed by atoms with Crippen LogP contribution >= 0.6 is 0 Å². The summed E-state index contributed by atoms with van der Waals surface area (Å²) < 4.78 is 53.8. The smallest absolute Gasteiger partial charge is 0.493 e. The van der Waals surface area contributed by atoms with Gasteiger partial charge in [0.25, 0.3) is 10.2 Å². The molecule has 2 N–H and O–H groups in total. The molecule has 5 rings (SSSR count). The Morgan fingerprint density at radius 3 is 2.23 bits per heavy atom. The van der Waals surface area contributed by atoms with Crippen molar-refractivity contribution in [2.24, 2.45) is 34.5 Å². The number of alkyl halides is 2. The average molecular weight is 855 g/mol. The quantitative estimate of drug-likeness (QED) is 0.0673. The molecule has 1 aromatic rings. The summed E-state index contributed by atoms with van der Waals surface area (Å²) in [6, 6.07) is 3.88. The van der Waals surface area contributed by atoms with Gasteiger partial charge in [0, 0.05) is 23.7 Å². The number of hydrogen-bond donors (Lipinski definition) is 2. The molecule has 0 saturated heterocycles. The molecule has 0 aromatic heterocycles. The Morgan fingerprint density at radius 1 is 0.950 bits per heavy atom. The number of unbranched alkanes of at least 4 members (excludes halogenated alkanes) is 1. The SMILES string of the molecule is COc1cc(C(=O)OCCCCO[N+](=O)[O-])ccc1OC(=O)OCC(=O)C1[C@H](C)CC2C3C[C@H](F)C4=CC(=O)C=CC4(C)[C@@]3(F)C(O)CC21C.O=C(O)CCCO[N+](=O)[O-]. The predicted molar refractivity (Wildman–Crippen MR) is 199 cm³/mol. The highest BCUT2D eigenvalue weighted by atomic mass is 19.1. The Morgan fingerprint density at radius 2 is 1.60 bits per heavy atom. The van der Waals surface area contributed by atoms with Crippen LogP contribution in [0.15, 0.2) is 42.0 Å². The number of carbonyl (C=O) groups excluding carboxylic acids is 4. The zero-order valence-electron chi connectivity index (χ0n) is 33.4. The molecule has 0 bridgehead atoms. The lowest BCUT2D eigenvalue weighted by molar-refractivity contribution is -0.757. The fraction of sp³-hybridized carbons (Fsp3) is 0.615. The van der Waals surface area contributed by atoms with Gasteiger partial charge in [0.05, 0.1) is 38.6 Å². The number of carboxylic acids is 1. The predicted octanol–water partition coefficient (Wildman–Crippen LogP) is 5.17. The van der Waals surface area contributed by atoms with Gasteiger partial charge >= 0.3 is 18.1 Å². The molecule has 1 aromatic carbocycles. The van der Waals surface area contributed by atoms with E-state index in [0.29, 0.717) is 19.3 Å². The number of methoxy groups -OCH3 is 1. The van der Waals surface area contributed by atoms with Gasteiger partial charge in [-0.25, -0.2) is 18.4 Å². The summed E-state index contributed by atoms with van der Waals surface area (Å²) >= 11 is 0. The molecule has 330 valence electrons. The highest BCUT2D eigenvalue weighted by Crippen LogP contribution is 2.70. The number of rotatable bonds is 17. The molecule has 0 aliphatic heterocycles. The number of carboxylic acid groups (broad SMARTS) is 1. The number of hydrogen-bond acceptors (Lipinski definition) is 16. The lowest BCUT2D eigenvalue weighted by Gasteiger charge is -2.62. The van der Waals surface area contributed by atoms with E-state index >= 15 is 8.78 Å². The summed E-state index contributed by atoms with van der Waals surface area (Å²) in [5.74, 6) is -5.09. The number of aliphatic carboxylic acids is 1. The molecule has 0 spiro atoms. The third kappa shape index (κ3) is 10.2. The van der Waals surface area contributed by atoms with E-state index in [-0.39, 0.29) is 74.1 Å². The van der Waals surface area contributed by atoms with Gasteiger partial charge in [-0.2, -0.15) is 0 Å². The summed E-state index contributed by atoms with van der Waals surface area (Å²) in [4.78, 5) is 88.3. The number of allylic oxidation sites excluding steroid dienone is 4. The Bertz CT molecular complexity index is 1880. The number of fused-ring (bicyclic) bond motifs is 5. The van der Waals surface area contributed by atoms with Crippen molar-refractivity contribution in [1.82, 2.24) is 0 Å². The lowest BCUT2D eigenvalue weighted by Crippen LogP contribution is -2.68. The van der Waals surface area contributed by atoms with Gasteiger partial charge in [-0.1, -0.05) is 19.9 Å². The van der Waals surface area contributed by atoms with Crippen molar-refractivity contribution in [3.05, 3.63) is 67.8 Å². The summed E-state index contributed by atoms with van der Waals surface area (Å²) in [5.41, 5.74) is -4.61. The molecule has 4 aliphatic rings. The normalized spacial score (nSPS) is 29.8. The van der Waals surface area contributed by atoms with Crippen LogP contribution in [0.1, 0.15) is 76.1 Å². The van der Waals surface area contributed by atoms with Gasteiger partial charge in [-0.3, -0.25) is 14.4 Å². The Labute approximate surface area is 342 Å². The van der Waals surface area contributed by atoms with Crippen LogP contribution in [-0.4, -0.2) is 102 Å². The Balaban J connectivity index is 0.000000703. The molecule has 0 radical (unpaired) electrons. The number of Topliss-reactive ketones (excluding diaryl/α,β-unsaturated/α-hetero) is 1. The van der Waals surface area contributed by atoms with E-state index < -0.39 is 93.0 Å². The number of nitrogens with zero attached hydrogens (tertiary/aromatic N) is 2. The molecule has 9 atom stereocenters. The topological polar surface area (TPSA) is 267 Å². The first-order valence-electron chi connectivity index (χ1n) is 19.1. The van der Waals surface area contributed by atoms with Crippen LogP contribution in [0, 0.1) is 54.7 Å². The molecule has 3 saturated carbocycles. The highest BCUT2D eigenvalue weighted by Gasteiger charge is 2.73. The van der Waals surface area contributed by atoms with E-state index in [1.807, 2.05) is 6.92 Å². The highest BCUT2D eigenvalue weighted by molar-refractivity contribution is 6.01. The minimum absolute atomic E-state index is 0.00435. The van der Waals surface area contributed by atoms with Crippen molar-refractivity contribution in [2.75, 3.05) is 33.5 Å². The van der Waals surface area contributed by atoms with Crippen molar-refractivity contribution >= 4 is 29.7 Å². The molecular weight excluding hydrogens is 806 g/mol. The maximum Gasteiger partial charge on any atom is 0.514 e. The van der Waals surface area contributed by atoms with E-state index in [4.69, 9.17) is 24.1 Å². The minimum atomic E-state index is -2.26. The Kier molecular flexibility index (Phi) is 15.3. The number of halogens is 2. The molecule has 0 amide bonds. The first-order valence-corrected chi connectivity index (χ1v) is 19.1. The van der Waals surface area contributed by atoms with Crippen molar-refractivity contribution < 1.29 is 81.8 Å². The van der Waals surface area contributed by atoms with E-state index in [1.54, 1.807) is 6.92 Å². The Hall–Kier alpha value is -5.73. The molecule has 4 aliphatic carbocycles. The molecule has 60 heavy (non-hydrogen) atoms. The molecule has 3 fully saturated rings. The van der Waals surface area contributed by atoms with E-state index in [2.05, 4.69) is 9.68 Å². The first kappa shape index (κ1) is 47.0. The molecular formula is C39H48F2N2O17. The number of ketones is 2. The largest absolute Gasteiger partial charge is 0.514 e. The second kappa shape index (κ2) is 19.6. The van der Waals surface area contributed by atoms with Crippen molar-refractivity contribution in [3.8, 4) is 11.5 Å². The molecule has 21 heteroatoms. The van der Waals surface area contributed by atoms with Crippen LogP contribution in [0.5, 0.6) is 11.5 Å². The van der Waals surface area contributed by atoms with Crippen LogP contribution in [-0.2, 0) is 33.5 Å². The van der Waals surface area contributed by atoms with Crippen LogP contribution in [0.4, 0.5) is 13.6 Å². The van der Waals surface area contributed by atoms with E-state index in [1.165, 1.54) is 44.4 Å². The van der Waals surface area contributed by atoms with Crippen LogP contribution < -0.4 is 9.47 Å². The number of carbonyl (C=O) groups is 5. The monoisotopic (exact) mass is 854 g/mol. The van der Waals surface area contributed by atoms with Gasteiger partial charge in [-0.15, -0.1) is 20.2 Å². The van der Waals surface area contributed by atoms with Crippen LogP contribution in [0.2, 0.25) is 0 Å². The van der Waals surface area contributed by atoms with Crippen molar-refractivity contribution in [2.45, 2.75) is 83.7 Å². The fourth-order valence-electron chi connectivity index (χ4n) is 9.43. The lowest BCUT2D eigenvalue weighted by atomic mass is 9.45. The van der Waals surface area contributed by atoms with Gasteiger partial charge in [-0.05, 0) is 98.6 Å². The summed E-state index contributed by atoms with van der Waals surface area (Å²) in [6.07, 6.45) is 0.120. The molecule has 0 heterocycles. The summed E-state index contributed by atoms with van der Waals surface area (Å²) in [7, 11) is 1.28. The second-order valence-corrected chi connectivity index (χ2v) is 15.6. The summed E-state index contributed by atoms with van der Waals surface area (Å²) in [5, 5.41) is 37.3. The van der Waals surface area contributed by atoms with Crippen LogP contribution in [0.3, 0.4) is 0 Å². The standard InChI is InChI=1S/C35H41F2NO12.C4H7NO5/c1-19-13-22-23-16-25(36)24-15-21(39)9-10-34(24,3)35(23,37)29(41)17-33(22,2)30(19)26(40)18-48-32(43)50-27-8-7-20(14-28(27)46-4)31(42)47-11-5-6-12-49-38(44)45;6-4(7)2-1-3-10-5(8)9/h7-10,14-15,19,22-23,25,29-30,41H,5-6,11-13,16-18H2,1-4H3;1-3H2,(H,6,7)/t19-,22?,23?,25+,29?,30?,33?,34?,35+;/m1./s1. The first-order chi connectivity index (χ1) is 28.2. The van der Waals surface area contributed by atoms with Gasteiger partial charge < -0.3 is 38.8 Å². The number of benzene rings is 1. The average Bonchev–Trinajstić information content (AvgIpc) is 3.44. The fourth-order valence-corrected chi connectivity index (χ4v) is 9.43. The van der Waals surface area contributed by atoms with E-state index in [0.717, 1.165) is 6.08 Å². The number of ether oxygens (including phenoxy) is 4. The second-order valence-electron chi connectivity index (χ2n) is 15.6. The molecule has 19 nitrogen and oxygen atoms in total. The van der Waals surface area contributed by atoms with Gasteiger partial charge in [0.15, 0.2) is 35.3 Å². The third-order valence-corrected chi connectivity index (χ3v) is 11.9. The van der Waals surface area contributed by atoms with Crippen molar-refractivity contribution in [3.63, 3.8) is 0 Å². The minimum Gasteiger partial charge on any atom is -0.493 e. The number of esters is 1. The maximum absolute atomic E-state index is 17.4. The zero-order valence-corrected chi connectivity index (χ0v) is 33.4. The summed E-state index contributed by atoms with van der Waals surface area (Å²) in [6.45, 7) is 4.19. The number of aliphatic hydroxyl groups excluding tert-OH is 1. The van der Waals surface area contributed by atoms with Gasteiger partial charge in [0.1, 0.15) is 6.17 Å². The van der Waals surface area contributed by atoms with Gasteiger partial charge in [0.2, 0.25) is 0 Å². The van der Waals surface area contributed by atoms with E-state index in [9.17, 15) is 49.3 Å². The van der Waals surface area contributed by atoms with Crippen molar-refractivity contribution in [1.29, 1.82) is 0 Å². The number of aliphatic hydroxyl groups is 1. The zero-order chi connectivity index (χ0) is 44.6.